The first-order valence-electron chi connectivity index (χ1n) is 5.82. The molecule has 1 aromatic carbocycles. The number of anilines is 1. The van der Waals surface area contributed by atoms with Gasteiger partial charge in [0.1, 0.15) is 0 Å². The summed E-state index contributed by atoms with van der Waals surface area (Å²) in [6, 6.07) is 6.03. The molecule has 0 fully saturated rings. The number of aliphatic hydroxyl groups is 1. The van der Waals surface area contributed by atoms with Crippen LogP contribution in [0.5, 0.6) is 0 Å². The molecule has 0 radical (unpaired) electrons. The zero-order chi connectivity index (χ0) is 12.8. The molecule has 0 heterocycles. The third-order valence-electron chi connectivity index (χ3n) is 2.81. The van der Waals surface area contributed by atoms with Crippen molar-refractivity contribution in [1.82, 2.24) is 0 Å². The van der Waals surface area contributed by atoms with Gasteiger partial charge in [0.15, 0.2) is 0 Å². The molecular weight excluding hydrogens is 210 g/mol. The predicted molar refractivity (Wildman–Crippen MR) is 75.3 cm³/mol. The summed E-state index contributed by atoms with van der Waals surface area (Å²) in [6.45, 7) is 7.47. The van der Waals surface area contributed by atoms with Crippen molar-refractivity contribution >= 4 is 11.8 Å². The lowest BCUT2D eigenvalue weighted by atomic mass is 9.98. The number of aliphatic hydroxyl groups excluding tert-OH is 1. The standard InChI is InChI=1S/C15H21NO/c1-5-7-8-15(17)14-10-9-13(16(3)4)11-12(14)6-2/h5-6,9-11,15,17H,1-2,7-8H2,3-4H3. The van der Waals surface area contributed by atoms with Crippen molar-refractivity contribution in [3.8, 4) is 0 Å². The Balaban J connectivity index is 2.99. The highest BCUT2D eigenvalue weighted by molar-refractivity contribution is 5.61. The van der Waals surface area contributed by atoms with Crippen molar-refractivity contribution in [3.05, 3.63) is 48.6 Å². The molecule has 1 unspecified atom stereocenters. The third-order valence-corrected chi connectivity index (χ3v) is 2.81. The highest BCUT2D eigenvalue weighted by Crippen LogP contribution is 2.26. The zero-order valence-electron chi connectivity index (χ0n) is 10.7. The molecule has 1 N–H and O–H groups in total. The fourth-order valence-electron chi connectivity index (χ4n) is 1.75. The van der Waals surface area contributed by atoms with Gasteiger partial charge >= 0.3 is 0 Å². The monoisotopic (exact) mass is 231 g/mol. The summed E-state index contributed by atoms with van der Waals surface area (Å²) in [5.41, 5.74) is 3.04. The quantitative estimate of drug-likeness (QED) is 0.758. The van der Waals surface area contributed by atoms with Crippen molar-refractivity contribution in [3.63, 3.8) is 0 Å². The first kappa shape index (κ1) is 13.5. The fourth-order valence-corrected chi connectivity index (χ4v) is 1.75. The van der Waals surface area contributed by atoms with Crippen LogP contribution in [0.25, 0.3) is 6.08 Å². The second kappa shape index (κ2) is 6.26. The van der Waals surface area contributed by atoms with Gasteiger partial charge in [0.2, 0.25) is 0 Å². The third kappa shape index (κ3) is 3.46. The molecule has 0 saturated heterocycles. The summed E-state index contributed by atoms with van der Waals surface area (Å²) >= 11 is 0. The van der Waals surface area contributed by atoms with E-state index in [1.165, 1.54) is 0 Å². The Kier molecular flexibility index (Phi) is 4.98. The van der Waals surface area contributed by atoms with Crippen LogP contribution in [0.1, 0.15) is 30.1 Å². The van der Waals surface area contributed by atoms with Crippen LogP contribution in [0, 0.1) is 0 Å². The van der Waals surface area contributed by atoms with Crippen LogP contribution in [0.3, 0.4) is 0 Å². The van der Waals surface area contributed by atoms with E-state index in [1.54, 1.807) is 6.08 Å². The number of rotatable bonds is 6. The van der Waals surface area contributed by atoms with E-state index in [9.17, 15) is 5.11 Å². The summed E-state index contributed by atoms with van der Waals surface area (Å²) < 4.78 is 0. The van der Waals surface area contributed by atoms with E-state index in [0.717, 1.165) is 23.2 Å². The molecule has 92 valence electrons. The topological polar surface area (TPSA) is 23.5 Å². The lowest BCUT2D eigenvalue weighted by molar-refractivity contribution is 0.168. The number of hydrogen-bond donors (Lipinski definition) is 1. The van der Waals surface area contributed by atoms with Gasteiger partial charge in [-0.05, 0) is 36.1 Å². The molecule has 0 saturated carbocycles. The summed E-state index contributed by atoms with van der Waals surface area (Å²) in [6.07, 6.45) is 4.68. The molecule has 2 heteroatoms. The maximum absolute atomic E-state index is 10.1. The minimum atomic E-state index is -0.447. The Morgan fingerprint density at radius 2 is 2.06 bits per heavy atom. The largest absolute Gasteiger partial charge is 0.388 e. The van der Waals surface area contributed by atoms with E-state index in [1.807, 2.05) is 43.3 Å². The zero-order valence-corrected chi connectivity index (χ0v) is 10.7. The van der Waals surface area contributed by atoms with Crippen LogP contribution in [0.4, 0.5) is 5.69 Å². The lowest BCUT2D eigenvalue weighted by Gasteiger charge is -2.18. The molecule has 0 aliphatic carbocycles. The van der Waals surface area contributed by atoms with Gasteiger partial charge < -0.3 is 10.0 Å². The summed E-state index contributed by atoms with van der Waals surface area (Å²) in [5, 5.41) is 10.1. The van der Waals surface area contributed by atoms with Gasteiger partial charge in [-0.25, -0.2) is 0 Å². The van der Waals surface area contributed by atoms with Crippen LogP contribution in [0.2, 0.25) is 0 Å². The molecule has 2 nitrogen and oxygen atoms in total. The number of hydrogen-bond acceptors (Lipinski definition) is 2. The average molecular weight is 231 g/mol. The Hall–Kier alpha value is -1.54. The average Bonchev–Trinajstić information content (AvgIpc) is 2.34. The van der Waals surface area contributed by atoms with E-state index in [2.05, 4.69) is 13.2 Å². The van der Waals surface area contributed by atoms with Crippen molar-refractivity contribution in [2.24, 2.45) is 0 Å². The molecule has 0 spiro atoms. The van der Waals surface area contributed by atoms with Crippen LogP contribution >= 0.6 is 0 Å². The fraction of sp³-hybridized carbons (Fsp3) is 0.333. The minimum Gasteiger partial charge on any atom is -0.388 e. The van der Waals surface area contributed by atoms with Crippen molar-refractivity contribution in [1.29, 1.82) is 0 Å². The normalized spacial score (nSPS) is 11.9. The van der Waals surface area contributed by atoms with E-state index >= 15 is 0 Å². The van der Waals surface area contributed by atoms with Gasteiger partial charge in [0.25, 0.3) is 0 Å². The lowest BCUT2D eigenvalue weighted by Crippen LogP contribution is -2.09. The van der Waals surface area contributed by atoms with Gasteiger partial charge in [0.05, 0.1) is 6.10 Å². The summed E-state index contributed by atoms with van der Waals surface area (Å²) in [7, 11) is 3.99. The van der Waals surface area contributed by atoms with Gasteiger partial charge in [-0.3, -0.25) is 0 Å². The van der Waals surface area contributed by atoms with E-state index < -0.39 is 6.10 Å². The van der Waals surface area contributed by atoms with Crippen molar-refractivity contribution < 1.29 is 5.11 Å². The second-order valence-electron chi connectivity index (χ2n) is 4.29. The maximum atomic E-state index is 10.1. The molecule has 0 aliphatic heterocycles. The van der Waals surface area contributed by atoms with Crippen LogP contribution in [-0.2, 0) is 0 Å². The van der Waals surface area contributed by atoms with E-state index in [0.29, 0.717) is 6.42 Å². The molecular formula is C15H21NO. The van der Waals surface area contributed by atoms with Gasteiger partial charge in [-0.15, -0.1) is 6.58 Å². The number of nitrogens with zero attached hydrogens (tertiary/aromatic N) is 1. The molecule has 0 aliphatic rings. The Bertz CT molecular complexity index is 396. The van der Waals surface area contributed by atoms with Gasteiger partial charge in [-0.1, -0.05) is 24.8 Å². The molecule has 1 aromatic rings. The number of allylic oxidation sites excluding steroid dienone is 1. The predicted octanol–water partition coefficient (Wildman–Crippen LogP) is 3.40. The molecule has 0 aromatic heterocycles. The first-order chi connectivity index (χ1) is 8.10. The first-order valence-corrected chi connectivity index (χ1v) is 5.82. The smallest absolute Gasteiger partial charge is 0.0798 e. The molecule has 0 bridgehead atoms. The van der Waals surface area contributed by atoms with Gasteiger partial charge in [0, 0.05) is 19.8 Å². The summed E-state index contributed by atoms with van der Waals surface area (Å²) in [5.74, 6) is 0. The SMILES string of the molecule is C=CCCC(O)c1ccc(N(C)C)cc1C=C. The maximum Gasteiger partial charge on any atom is 0.0798 e. The molecule has 0 amide bonds. The van der Waals surface area contributed by atoms with Crippen LogP contribution in [0.15, 0.2) is 37.4 Å². The Morgan fingerprint density at radius 1 is 1.35 bits per heavy atom. The second-order valence-corrected chi connectivity index (χ2v) is 4.29. The Labute approximate surface area is 104 Å². The minimum absolute atomic E-state index is 0.447. The van der Waals surface area contributed by atoms with E-state index in [4.69, 9.17) is 0 Å². The van der Waals surface area contributed by atoms with Crippen LogP contribution < -0.4 is 4.90 Å². The van der Waals surface area contributed by atoms with Gasteiger partial charge in [-0.2, -0.15) is 0 Å². The van der Waals surface area contributed by atoms with E-state index in [-0.39, 0.29) is 0 Å². The van der Waals surface area contributed by atoms with Crippen molar-refractivity contribution in [2.45, 2.75) is 18.9 Å². The molecule has 1 rings (SSSR count). The Morgan fingerprint density at radius 3 is 2.59 bits per heavy atom. The molecule has 17 heavy (non-hydrogen) atoms. The van der Waals surface area contributed by atoms with Crippen LogP contribution in [-0.4, -0.2) is 19.2 Å². The van der Waals surface area contributed by atoms with Crippen molar-refractivity contribution in [2.75, 3.05) is 19.0 Å². The highest BCUT2D eigenvalue weighted by atomic mass is 16.3. The molecule has 1 atom stereocenters. The number of benzene rings is 1. The summed E-state index contributed by atoms with van der Waals surface area (Å²) in [4.78, 5) is 2.03. The highest BCUT2D eigenvalue weighted by Gasteiger charge is 2.11.